The van der Waals surface area contributed by atoms with E-state index in [9.17, 15) is 9.90 Å². The SMILES string of the molecule is CC([NH2+]CCC(=O)/C(=C/c1ccccc1)c1cccs1)C(O)c1ccccc1.[Cl-]. The van der Waals surface area contributed by atoms with Crippen LogP contribution in [0, 0.1) is 0 Å². The van der Waals surface area contributed by atoms with Crippen LogP contribution < -0.4 is 17.7 Å². The summed E-state index contributed by atoms with van der Waals surface area (Å²) in [6.07, 6.45) is 1.85. The molecule has 2 aromatic carbocycles. The minimum atomic E-state index is -0.548. The molecule has 0 saturated heterocycles. The summed E-state index contributed by atoms with van der Waals surface area (Å²) in [5.74, 6) is 0.129. The smallest absolute Gasteiger partial charge is 0.169 e. The maximum atomic E-state index is 12.9. The Labute approximate surface area is 182 Å². The van der Waals surface area contributed by atoms with Crippen LogP contribution in [0.1, 0.15) is 35.5 Å². The molecule has 3 rings (SSSR count). The Morgan fingerprint density at radius 3 is 2.31 bits per heavy atom. The van der Waals surface area contributed by atoms with Crippen molar-refractivity contribution >= 4 is 28.8 Å². The van der Waals surface area contributed by atoms with E-state index < -0.39 is 6.10 Å². The topological polar surface area (TPSA) is 53.9 Å². The molecule has 0 saturated carbocycles. The van der Waals surface area contributed by atoms with Gasteiger partial charge >= 0.3 is 0 Å². The van der Waals surface area contributed by atoms with Crippen molar-refractivity contribution in [2.24, 2.45) is 0 Å². The minimum Gasteiger partial charge on any atom is -1.00 e. The van der Waals surface area contributed by atoms with Gasteiger partial charge in [0.2, 0.25) is 0 Å². The number of quaternary nitrogens is 1. The first kappa shape index (κ1) is 23.0. The molecule has 0 radical (unpaired) electrons. The van der Waals surface area contributed by atoms with Crippen LogP contribution >= 0.6 is 11.3 Å². The van der Waals surface area contributed by atoms with Crippen molar-refractivity contribution in [1.82, 2.24) is 0 Å². The van der Waals surface area contributed by atoms with Gasteiger partial charge in [-0.05, 0) is 35.6 Å². The van der Waals surface area contributed by atoms with E-state index in [1.54, 1.807) is 11.3 Å². The Kier molecular flexibility index (Phi) is 9.29. The Bertz CT molecular complexity index is 895. The van der Waals surface area contributed by atoms with Gasteiger partial charge in [0.15, 0.2) is 5.78 Å². The van der Waals surface area contributed by atoms with E-state index in [0.29, 0.717) is 13.0 Å². The van der Waals surface area contributed by atoms with Crippen molar-refractivity contribution < 1.29 is 27.6 Å². The molecule has 3 aromatic rings. The molecule has 0 aliphatic heterocycles. The third kappa shape index (κ3) is 6.65. The molecular weight excluding hydrogens is 402 g/mol. The van der Waals surface area contributed by atoms with Crippen LogP contribution in [0.4, 0.5) is 0 Å². The zero-order chi connectivity index (χ0) is 19.8. The van der Waals surface area contributed by atoms with Gasteiger partial charge in [0.05, 0.1) is 13.0 Å². The summed E-state index contributed by atoms with van der Waals surface area (Å²) in [5, 5.41) is 14.5. The number of ketones is 1. The monoisotopic (exact) mass is 427 g/mol. The average molecular weight is 428 g/mol. The second-order valence-corrected chi connectivity index (χ2v) is 7.81. The molecule has 0 amide bonds. The van der Waals surface area contributed by atoms with Gasteiger partial charge in [-0.2, -0.15) is 0 Å². The minimum absolute atomic E-state index is 0. The van der Waals surface area contributed by atoms with Crippen LogP contribution in [0.25, 0.3) is 11.6 Å². The summed E-state index contributed by atoms with van der Waals surface area (Å²) in [4.78, 5) is 13.9. The molecule has 3 nitrogen and oxygen atoms in total. The van der Waals surface area contributed by atoms with Crippen LogP contribution in [0.15, 0.2) is 78.2 Å². The number of halogens is 1. The van der Waals surface area contributed by atoms with Crippen molar-refractivity contribution in [3.8, 4) is 0 Å². The first-order valence-corrected chi connectivity index (χ1v) is 10.4. The molecule has 5 heteroatoms. The number of allylic oxidation sites excluding steroid dienone is 1. The lowest BCUT2D eigenvalue weighted by Crippen LogP contribution is -3.00. The van der Waals surface area contributed by atoms with Crippen LogP contribution in [0.3, 0.4) is 0 Å². The third-order valence-electron chi connectivity index (χ3n) is 4.75. The Hall–Kier alpha value is -2.24. The van der Waals surface area contributed by atoms with Crippen molar-refractivity contribution in [1.29, 1.82) is 0 Å². The number of carbonyl (C=O) groups is 1. The Morgan fingerprint density at radius 1 is 1.03 bits per heavy atom. The van der Waals surface area contributed by atoms with Crippen molar-refractivity contribution in [2.75, 3.05) is 6.54 Å². The molecule has 0 aliphatic rings. The number of carbonyl (C=O) groups excluding carboxylic acids is 1. The van der Waals surface area contributed by atoms with Gasteiger partial charge in [-0.15, -0.1) is 11.3 Å². The quantitative estimate of drug-likeness (QED) is 0.499. The lowest BCUT2D eigenvalue weighted by Gasteiger charge is -2.17. The number of nitrogens with two attached hydrogens (primary N) is 1. The second kappa shape index (κ2) is 11.7. The zero-order valence-electron chi connectivity index (χ0n) is 16.4. The number of benzene rings is 2. The predicted octanol–water partition coefficient (Wildman–Crippen LogP) is 0.937. The molecule has 3 N–H and O–H groups in total. The highest BCUT2D eigenvalue weighted by Crippen LogP contribution is 2.24. The Morgan fingerprint density at radius 2 is 1.69 bits per heavy atom. The number of hydrogen-bond donors (Lipinski definition) is 2. The standard InChI is InChI=1S/C24H25NO2S.ClH/c1-18(24(27)20-11-6-3-7-12-20)25-15-14-22(26)21(23-13-8-16-28-23)17-19-9-4-2-5-10-19;/h2-13,16-18,24-25,27H,14-15H2,1H3;1H/b21-17-;. The fourth-order valence-electron chi connectivity index (χ4n) is 3.13. The second-order valence-electron chi connectivity index (χ2n) is 6.86. The zero-order valence-corrected chi connectivity index (χ0v) is 17.9. The van der Waals surface area contributed by atoms with Gasteiger partial charge in [0.1, 0.15) is 12.1 Å². The summed E-state index contributed by atoms with van der Waals surface area (Å²) >= 11 is 1.58. The van der Waals surface area contributed by atoms with E-state index in [0.717, 1.165) is 21.6 Å². The molecule has 1 heterocycles. The number of rotatable bonds is 9. The maximum absolute atomic E-state index is 12.9. The van der Waals surface area contributed by atoms with Gasteiger partial charge in [-0.25, -0.2) is 0 Å². The molecule has 2 atom stereocenters. The van der Waals surface area contributed by atoms with Gasteiger partial charge < -0.3 is 22.8 Å². The van der Waals surface area contributed by atoms with E-state index >= 15 is 0 Å². The van der Waals surface area contributed by atoms with Gasteiger partial charge in [-0.3, -0.25) is 4.79 Å². The van der Waals surface area contributed by atoms with E-state index in [4.69, 9.17) is 0 Å². The first-order chi connectivity index (χ1) is 13.6. The molecule has 0 fully saturated rings. The van der Waals surface area contributed by atoms with E-state index in [2.05, 4.69) is 0 Å². The van der Waals surface area contributed by atoms with Gasteiger partial charge in [0, 0.05) is 10.5 Å². The number of thiophene rings is 1. The predicted molar refractivity (Wildman–Crippen MR) is 116 cm³/mol. The molecule has 1 aromatic heterocycles. The van der Waals surface area contributed by atoms with Crippen LogP contribution in [-0.2, 0) is 4.79 Å². The highest BCUT2D eigenvalue weighted by atomic mass is 35.5. The fraction of sp³-hybridized carbons (Fsp3) is 0.208. The molecular formula is C24H26ClNO2S. The Balaban J connectivity index is 0.00000300. The number of aliphatic hydroxyl groups is 1. The van der Waals surface area contributed by atoms with Crippen molar-refractivity contribution in [3.63, 3.8) is 0 Å². The number of aliphatic hydroxyl groups excluding tert-OH is 1. The number of hydrogen-bond acceptors (Lipinski definition) is 3. The molecule has 0 aliphatic carbocycles. The van der Waals surface area contributed by atoms with Gasteiger partial charge in [-0.1, -0.05) is 66.7 Å². The summed E-state index contributed by atoms with van der Waals surface area (Å²) < 4.78 is 0. The van der Waals surface area contributed by atoms with E-state index in [-0.39, 0.29) is 24.2 Å². The van der Waals surface area contributed by atoms with Crippen LogP contribution in [0.2, 0.25) is 0 Å². The molecule has 152 valence electrons. The summed E-state index contributed by atoms with van der Waals surface area (Å²) in [6.45, 7) is 2.63. The van der Waals surface area contributed by atoms with Crippen molar-refractivity contribution in [3.05, 3.63) is 94.2 Å². The summed E-state index contributed by atoms with van der Waals surface area (Å²) in [6, 6.07) is 23.5. The van der Waals surface area contributed by atoms with Crippen LogP contribution in [-0.4, -0.2) is 23.5 Å². The molecule has 2 unspecified atom stereocenters. The van der Waals surface area contributed by atoms with Crippen LogP contribution in [0.5, 0.6) is 0 Å². The largest absolute Gasteiger partial charge is 1.00 e. The van der Waals surface area contributed by atoms with E-state index in [1.807, 2.05) is 96.5 Å². The maximum Gasteiger partial charge on any atom is 0.169 e. The van der Waals surface area contributed by atoms with E-state index in [1.165, 1.54) is 0 Å². The molecule has 29 heavy (non-hydrogen) atoms. The summed E-state index contributed by atoms with van der Waals surface area (Å²) in [7, 11) is 0. The number of Topliss-reactive ketones (excluding diaryl/α,β-unsaturated/α-hetero) is 1. The third-order valence-corrected chi connectivity index (χ3v) is 5.65. The van der Waals surface area contributed by atoms with Gasteiger partial charge in [0.25, 0.3) is 0 Å². The highest BCUT2D eigenvalue weighted by molar-refractivity contribution is 7.11. The molecule has 0 spiro atoms. The first-order valence-electron chi connectivity index (χ1n) is 9.55. The summed E-state index contributed by atoms with van der Waals surface area (Å²) in [5.41, 5.74) is 2.68. The fourth-order valence-corrected chi connectivity index (χ4v) is 3.89. The lowest BCUT2D eigenvalue weighted by molar-refractivity contribution is -0.693. The molecule has 0 bridgehead atoms. The van der Waals surface area contributed by atoms with Crippen molar-refractivity contribution in [2.45, 2.75) is 25.5 Å². The highest BCUT2D eigenvalue weighted by Gasteiger charge is 2.20. The normalized spacial score (nSPS) is 13.4. The lowest BCUT2D eigenvalue weighted by atomic mass is 10.0. The average Bonchev–Trinajstić information content (AvgIpc) is 3.27.